The van der Waals surface area contributed by atoms with Gasteiger partial charge < -0.3 is 4.74 Å². The Hall–Kier alpha value is -1.93. The summed E-state index contributed by atoms with van der Waals surface area (Å²) in [6.45, 7) is 3.57. The number of esters is 1. The Morgan fingerprint density at radius 1 is 1.29 bits per heavy atom. The van der Waals surface area contributed by atoms with Gasteiger partial charge in [-0.3, -0.25) is 30.6 Å². The van der Waals surface area contributed by atoms with Crippen LogP contribution in [0.4, 0.5) is 0 Å². The number of methoxy groups -OCH3 is 1. The number of hydrogen-bond donors (Lipinski definition) is 3. The average molecular weight is 313 g/mol. The van der Waals surface area contributed by atoms with Crippen molar-refractivity contribution in [3.63, 3.8) is 0 Å². The number of nitrogens with one attached hydrogen (secondary N) is 3. The molecule has 8 heteroatoms. The zero-order valence-electron chi connectivity index (χ0n) is 12.1. The number of hydrazine groups is 1. The molecule has 1 atom stereocenters. The number of carbonyl (C=O) groups is 3. The first kappa shape index (κ1) is 17.1. The van der Waals surface area contributed by atoms with Crippen LogP contribution in [0.1, 0.15) is 23.5 Å². The van der Waals surface area contributed by atoms with Crippen LogP contribution in [0.15, 0.2) is 17.5 Å². The fraction of sp³-hybridized carbons (Fsp3) is 0.462. The minimum atomic E-state index is -0.575. The van der Waals surface area contributed by atoms with Crippen LogP contribution in [0, 0.1) is 5.92 Å². The molecule has 1 aromatic heterocycles. The molecule has 0 aliphatic carbocycles. The molecule has 0 saturated heterocycles. The third kappa shape index (κ3) is 5.52. The second-order valence-corrected chi connectivity index (χ2v) is 5.55. The Morgan fingerprint density at radius 3 is 2.52 bits per heavy atom. The molecule has 1 heterocycles. The van der Waals surface area contributed by atoms with Crippen LogP contribution in [0.5, 0.6) is 0 Å². The van der Waals surface area contributed by atoms with E-state index >= 15 is 0 Å². The lowest BCUT2D eigenvalue weighted by atomic mass is 10.0. The molecule has 7 nitrogen and oxygen atoms in total. The summed E-state index contributed by atoms with van der Waals surface area (Å²) in [7, 11) is 1.29. The minimum absolute atomic E-state index is 0.0223. The number of hydrogen-bond acceptors (Lipinski definition) is 6. The molecule has 3 N–H and O–H groups in total. The number of rotatable bonds is 6. The van der Waals surface area contributed by atoms with Crippen molar-refractivity contribution in [2.75, 3.05) is 13.7 Å². The third-order valence-corrected chi connectivity index (χ3v) is 3.53. The fourth-order valence-corrected chi connectivity index (χ4v) is 2.18. The number of carbonyl (C=O) groups excluding carboxylic acids is 3. The molecule has 0 bridgehead atoms. The van der Waals surface area contributed by atoms with Gasteiger partial charge in [0.05, 0.1) is 18.5 Å². The third-order valence-electron chi connectivity index (χ3n) is 2.66. The molecule has 1 unspecified atom stereocenters. The second-order valence-electron chi connectivity index (χ2n) is 4.61. The highest BCUT2D eigenvalue weighted by molar-refractivity contribution is 7.12. The molecule has 2 amide bonds. The summed E-state index contributed by atoms with van der Waals surface area (Å²) in [6, 6.07) is 2.82. The Balaban J connectivity index is 2.36. The molecule has 116 valence electrons. The Morgan fingerprint density at radius 2 is 2.00 bits per heavy atom. The van der Waals surface area contributed by atoms with Crippen LogP contribution >= 0.6 is 11.3 Å². The van der Waals surface area contributed by atoms with Crippen molar-refractivity contribution in [1.82, 2.24) is 16.2 Å². The molecular formula is C13H19N3O4S. The van der Waals surface area contributed by atoms with Gasteiger partial charge in [-0.25, -0.2) is 0 Å². The van der Waals surface area contributed by atoms with Crippen molar-refractivity contribution < 1.29 is 19.1 Å². The van der Waals surface area contributed by atoms with Gasteiger partial charge in [0.15, 0.2) is 0 Å². The molecule has 0 fully saturated rings. The average Bonchev–Trinajstić information content (AvgIpc) is 2.98. The van der Waals surface area contributed by atoms with Gasteiger partial charge in [0, 0.05) is 0 Å². The summed E-state index contributed by atoms with van der Waals surface area (Å²) >= 11 is 1.27. The first-order chi connectivity index (χ1) is 9.95. The van der Waals surface area contributed by atoms with Gasteiger partial charge in [-0.2, -0.15) is 0 Å². The van der Waals surface area contributed by atoms with Gasteiger partial charge in [-0.05, 0) is 17.4 Å². The lowest BCUT2D eigenvalue weighted by molar-refractivity contribution is -0.144. The maximum atomic E-state index is 11.6. The summed E-state index contributed by atoms with van der Waals surface area (Å²) in [6.07, 6.45) is 0. The molecular weight excluding hydrogens is 294 g/mol. The minimum Gasteiger partial charge on any atom is -0.468 e. The summed E-state index contributed by atoms with van der Waals surface area (Å²) in [4.78, 5) is 35.2. The van der Waals surface area contributed by atoms with Crippen LogP contribution < -0.4 is 16.2 Å². The van der Waals surface area contributed by atoms with Crippen LogP contribution in [0.25, 0.3) is 0 Å². The van der Waals surface area contributed by atoms with Gasteiger partial charge in [-0.1, -0.05) is 19.9 Å². The summed E-state index contributed by atoms with van der Waals surface area (Å²) in [5.41, 5.74) is 4.57. The molecule has 21 heavy (non-hydrogen) atoms. The van der Waals surface area contributed by atoms with Gasteiger partial charge in [0.1, 0.15) is 6.04 Å². The quantitative estimate of drug-likeness (QED) is 0.518. The Labute approximate surface area is 127 Å². The first-order valence-corrected chi connectivity index (χ1v) is 7.27. The number of amides is 2. The Kier molecular flexibility index (Phi) is 6.83. The van der Waals surface area contributed by atoms with E-state index in [2.05, 4.69) is 20.9 Å². The molecule has 0 saturated carbocycles. The molecule has 1 aromatic rings. The van der Waals surface area contributed by atoms with Crippen LogP contribution in [-0.4, -0.2) is 37.5 Å². The van der Waals surface area contributed by atoms with Crippen LogP contribution in [-0.2, 0) is 14.3 Å². The van der Waals surface area contributed by atoms with Gasteiger partial charge >= 0.3 is 5.97 Å². The van der Waals surface area contributed by atoms with Crippen molar-refractivity contribution in [2.24, 2.45) is 5.92 Å². The molecule has 0 spiro atoms. The summed E-state index contributed by atoms with van der Waals surface area (Å²) in [5.74, 6) is -1.28. The van der Waals surface area contributed by atoms with E-state index in [0.717, 1.165) is 0 Å². The lowest BCUT2D eigenvalue weighted by Crippen LogP contribution is -2.50. The maximum absolute atomic E-state index is 11.6. The predicted molar refractivity (Wildman–Crippen MR) is 78.6 cm³/mol. The highest BCUT2D eigenvalue weighted by atomic mass is 32.1. The van der Waals surface area contributed by atoms with Gasteiger partial charge in [0.2, 0.25) is 0 Å². The molecule has 0 aromatic carbocycles. The maximum Gasteiger partial charge on any atom is 0.323 e. The van der Waals surface area contributed by atoms with Gasteiger partial charge in [0.25, 0.3) is 11.8 Å². The second kappa shape index (κ2) is 8.38. The molecule has 0 aliphatic heterocycles. The van der Waals surface area contributed by atoms with E-state index in [1.807, 2.05) is 13.8 Å². The monoisotopic (exact) mass is 313 g/mol. The Bertz CT molecular complexity index is 488. The van der Waals surface area contributed by atoms with E-state index in [1.54, 1.807) is 17.5 Å². The van der Waals surface area contributed by atoms with E-state index < -0.39 is 17.9 Å². The lowest BCUT2D eigenvalue weighted by Gasteiger charge is -2.19. The van der Waals surface area contributed by atoms with Crippen molar-refractivity contribution in [2.45, 2.75) is 19.9 Å². The molecule has 0 radical (unpaired) electrons. The van der Waals surface area contributed by atoms with E-state index in [-0.39, 0.29) is 18.4 Å². The summed E-state index contributed by atoms with van der Waals surface area (Å²) in [5, 5.41) is 4.56. The summed E-state index contributed by atoms with van der Waals surface area (Å²) < 4.78 is 4.65. The normalized spacial score (nSPS) is 11.8. The highest BCUT2D eigenvalue weighted by Gasteiger charge is 2.23. The predicted octanol–water partition coefficient (Wildman–Crippen LogP) is 0.296. The van der Waals surface area contributed by atoms with Crippen molar-refractivity contribution >= 4 is 29.1 Å². The smallest absolute Gasteiger partial charge is 0.323 e. The van der Waals surface area contributed by atoms with Gasteiger partial charge in [-0.15, -0.1) is 11.3 Å². The molecule has 0 aliphatic rings. The zero-order valence-corrected chi connectivity index (χ0v) is 13.0. The zero-order chi connectivity index (χ0) is 15.8. The first-order valence-electron chi connectivity index (χ1n) is 6.39. The number of thiophene rings is 1. The molecule has 1 rings (SSSR count). The van der Waals surface area contributed by atoms with Crippen LogP contribution in [0.3, 0.4) is 0 Å². The van der Waals surface area contributed by atoms with Crippen molar-refractivity contribution in [1.29, 1.82) is 0 Å². The van der Waals surface area contributed by atoms with E-state index in [1.165, 1.54) is 18.4 Å². The standard InChI is InChI=1S/C13H19N3O4S/c1-8(2)11(13(19)20-3)14-7-10(17)15-16-12(18)9-5-4-6-21-9/h4-6,8,11,14H,7H2,1-3H3,(H,15,17)(H,16,18). The van der Waals surface area contributed by atoms with Crippen molar-refractivity contribution in [3.05, 3.63) is 22.4 Å². The van der Waals surface area contributed by atoms with E-state index in [4.69, 9.17) is 0 Å². The topological polar surface area (TPSA) is 96.5 Å². The highest BCUT2D eigenvalue weighted by Crippen LogP contribution is 2.07. The SMILES string of the molecule is COC(=O)C(NCC(=O)NNC(=O)c1cccs1)C(C)C. The fourth-order valence-electron chi connectivity index (χ4n) is 1.56. The van der Waals surface area contributed by atoms with Crippen molar-refractivity contribution in [3.8, 4) is 0 Å². The van der Waals surface area contributed by atoms with E-state index in [9.17, 15) is 14.4 Å². The number of ether oxygens (including phenoxy) is 1. The largest absolute Gasteiger partial charge is 0.468 e. The van der Waals surface area contributed by atoms with E-state index in [0.29, 0.717) is 4.88 Å². The van der Waals surface area contributed by atoms with Crippen LogP contribution in [0.2, 0.25) is 0 Å².